The fraction of sp³-hybridized carbons (Fsp3) is 0.318. The molecule has 0 aliphatic heterocycles. The van der Waals surface area contributed by atoms with Crippen molar-refractivity contribution in [1.29, 1.82) is 0 Å². The maximum atomic E-state index is 13.3. The van der Waals surface area contributed by atoms with E-state index >= 15 is 0 Å². The number of rotatable bonds is 11. The van der Waals surface area contributed by atoms with Gasteiger partial charge in [0.2, 0.25) is 56.1 Å². The van der Waals surface area contributed by atoms with Crippen LogP contribution >= 0.6 is 0 Å². The number of hydrogen-bond acceptors (Lipinski definition) is 0. The van der Waals surface area contributed by atoms with E-state index in [2.05, 4.69) is 399 Å². The fourth-order valence-corrected chi connectivity index (χ4v) is 16.7. The molecule has 0 spiro atoms. The molecule has 0 amide bonds. The maximum Gasteiger partial charge on any atom is 0.394 e. The lowest BCUT2D eigenvalue weighted by Crippen LogP contribution is -2.35. The van der Waals surface area contributed by atoms with Crippen LogP contribution in [0, 0.1) is 61.7 Å². The smallest absolute Gasteiger partial charge is 0.194 e. The Balaban J connectivity index is 0.000000145. The SMILES string of the molecule is Cc1ccccc1-c1c(CC(C)(C)C)cc2ccccc2[n+]1C.Cc1ccccc1-c1cc(CC(C)(C)C)c2ccccc2[n+]1C.Cc1ccccc1-c1ccc2c(CC(C)(C)C(F)(F)F)cccc2[n+]1C.Cc1ccccc1-c1ccc2cc(CC(C)(C)C)ccc2[n+]1C.Cc1ccccc1-c1ccc2ccc(CC(C)(C)C)cc2[n+]1C. The first-order valence-electron chi connectivity index (χ1n) is 42.0. The van der Waals surface area contributed by atoms with E-state index in [1.165, 1.54) is 147 Å². The molecule has 5 aromatic heterocycles. The largest absolute Gasteiger partial charge is 0.394 e. The summed E-state index contributed by atoms with van der Waals surface area (Å²) < 4.78 is 51.3. The number of aromatic nitrogens is 5. The summed E-state index contributed by atoms with van der Waals surface area (Å²) in [5, 5.41) is 6.15. The molecule has 608 valence electrons. The van der Waals surface area contributed by atoms with Gasteiger partial charge in [-0.1, -0.05) is 236 Å². The summed E-state index contributed by atoms with van der Waals surface area (Å²) in [7, 11) is 10.7. The van der Waals surface area contributed by atoms with Crippen LogP contribution < -0.4 is 22.8 Å². The normalized spacial score (nSPS) is 12.0. The highest BCUT2D eigenvalue weighted by Crippen LogP contribution is 2.42. The highest BCUT2D eigenvalue weighted by atomic mass is 19.4. The summed E-state index contributed by atoms with van der Waals surface area (Å²) >= 11 is 0. The van der Waals surface area contributed by atoms with E-state index in [0.29, 0.717) is 10.8 Å². The van der Waals surface area contributed by atoms with Crippen molar-refractivity contribution >= 4 is 54.5 Å². The molecule has 5 heterocycles. The van der Waals surface area contributed by atoms with Gasteiger partial charge in [0, 0.05) is 115 Å². The standard InChI is InChI=1S/C22H23F3N.4C22H26N/c1-15-8-5-6-10-17(15)20-13-12-18-16(9-7-11-19(18)26(20)4)14-21(2,3)22(23,24)25;1-16-10-6-8-12-19(16)21-18(15-22(2,3)4)14-17-11-7-9-13-20(17)23(21)5;1-16-10-6-7-11-18(16)21-14-17(15-22(2,3)4)19-12-8-9-13-20(19)23(21)5;1-16-8-6-7-9-19(16)21-13-11-18-14-17(15-22(2,3)4)10-12-20(18)23(21)5;1-16-8-6-7-9-19(16)20-13-12-18-11-10-17(15-22(2,3)4)14-21(18)23(20)5/h5-13H,14H2,1-4H3;4*6-14H,15H2,1-5H3/q5*+1. The van der Waals surface area contributed by atoms with Gasteiger partial charge in [0.15, 0.2) is 0 Å². The maximum absolute atomic E-state index is 13.3. The zero-order valence-electron chi connectivity index (χ0n) is 74.9. The molecule has 10 aromatic carbocycles. The van der Waals surface area contributed by atoms with Crippen LogP contribution in [0.3, 0.4) is 0 Å². The van der Waals surface area contributed by atoms with E-state index < -0.39 is 11.6 Å². The molecule has 0 unspecified atom stereocenters. The van der Waals surface area contributed by atoms with Crippen LogP contribution in [0.5, 0.6) is 0 Å². The minimum atomic E-state index is -4.24. The quantitative estimate of drug-likeness (QED) is 0.115. The van der Waals surface area contributed by atoms with Crippen molar-refractivity contribution in [3.05, 3.63) is 329 Å². The third-order valence-electron chi connectivity index (χ3n) is 22.7. The average Bonchev–Trinajstić information content (AvgIpc) is 0.782. The van der Waals surface area contributed by atoms with Crippen LogP contribution in [0.2, 0.25) is 0 Å². The van der Waals surface area contributed by atoms with Gasteiger partial charge in [0.05, 0.1) is 5.41 Å². The van der Waals surface area contributed by atoms with Crippen LogP contribution in [-0.4, -0.2) is 6.18 Å². The van der Waals surface area contributed by atoms with Crippen molar-refractivity contribution < 1.29 is 36.0 Å². The molecule has 0 aliphatic rings. The van der Waals surface area contributed by atoms with Gasteiger partial charge in [-0.05, 0) is 217 Å². The Kier molecular flexibility index (Phi) is 26.9. The summed E-state index contributed by atoms with van der Waals surface area (Å²) in [5.41, 5.74) is 30.9. The fourth-order valence-electron chi connectivity index (χ4n) is 16.7. The molecule has 118 heavy (non-hydrogen) atoms. The van der Waals surface area contributed by atoms with E-state index in [-0.39, 0.29) is 17.3 Å². The Morgan fingerprint density at radius 1 is 0.237 bits per heavy atom. The average molecular weight is 1580 g/mol. The Morgan fingerprint density at radius 2 is 0.585 bits per heavy atom. The van der Waals surface area contributed by atoms with Crippen LogP contribution in [0.4, 0.5) is 13.2 Å². The van der Waals surface area contributed by atoms with Gasteiger partial charge in [-0.2, -0.15) is 36.0 Å². The first kappa shape index (κ1) is 87.9. The number of halogens is 3. The van der Waals surface area contributed by atoms with Crippen molar-refractivity contribution in [1.82, 2.24) is 0 Å². The molecule has 0 aliphatic carbocycles. The van der Waals surface area contributed by atoms with E-state index in [9.17, 15) is 13.2 Å². The Labute approximate surface area is 703 Å². The number of nitrogens with zero attached hydrogens (tertiary/aromatic N) is 5. The Bertz CT molecular complexity index is 6100. The Morgan fingerprint density at radius 3 is 1.08 bits per heavy atom. The van der Waals surface area contributed by atoms with E-state index in [1.807, 2.05) is 43.4 Å². The molecule has 0 saturated carbocycles. The number of hydrogen-bond donors (Lipinski definition) is 0. The highest BCUT2D eigenvalue weighted by Gasteiger charge is 2.47. The van der Waals surface area contributed by atoms with Crippen molar-refractivity contribution in [3.8, 4) is 56.3 Å². The van der Waals surface area contributed by atoms with Gasteiger partial charge in [0.1, 0.15) is 35.2 Å². The zero-order valence-corrected chi connectivity index (χ0v) is 74.9. The third kappa shape index (κ3) is 21.3. The summed E-state index contributed by atoms with van der Waals surface area (Å²) in [6.45, 7) is 40.9. The molecule has 15 aromatic rings. The van der Waals surface area contributed by atoms with Gasteiger partial charge in [-0.3, -0.25) is 0 Å². The van der Waals surface area contributed by atoms with Crippen molar-refractivity contribution in [2.24, 2.45) is 62.3 Å². The number of aryl methyl sites for hydroxylation is 10. The number of fused-ring (bicyclic) bond motifs is 5. The number of benzene rings is 10. The van der Waals surface area contributed by atoms with Gasteiger partial charge in [0.25, 0.3) is 0 Å². The second kappa shape index (κ2) is 36.1. The lowest BCUT2D eigenvalue weighted by Gasteiger charge is -2.28. The van der Waals surface area contributed by atoms with Gasteiger partial charge >= 0.3 is 6.18 Å². The molecule has 5 nitrogen and oxygen atoms in total. The molecule has 8 heteroatoms. The molecule has 15 rings (SSSR count). The van der Waals surface area contributed by atoms with Crippen molar-refractivity contribution in [2.45, 2.75) is 170 Å². The number of alkyl halides is 3. The van der Waals surface area contributed by atoms with Gasteiger partial charge < -0.3 is 0 Å². The van der Waals surface area contributed by atoms with Crippen LogP contribution in [-0.2, 0) is 67.3 Å². The highest BCUT2D eigenvalue weighted by molar-refractivity contribution is 5.85. The predicted molar refractivity (Wildman–Crippen MR) is 493 cm³/mol. The molecule has 0 atom stereocenters. The monoisotopic (exact) mass is 1580 g/mol. The van der Waals surface area contributed by atoms with Gasteiger partial charge in [-0.15, -0.1) is 0 Å². The van der Waals surface area contributed by atoms with Gasteiger partial charge in [-0.25, -0.2) is 0 Å². The van der Waals surface area contributed by atoms with Crippen molar-refractivity contribution in [2.75, 3.05) is 0 Å². The number of pyridine rings is 5. The molecule has 0 bridgehead atoms. The minimum absolute atomic E-state index is 0.0441. The summed E-state index contributed by atoms with van der Waals surface area (Å²) in [5.74, 6) is 0. The summed E-state index contributed by atoms with van der Waals surface area (Å²) in [6, 6.07) is 97.0. The van der Waals surface area contributed by atoms with E-state index in [1.54, 1.807) is 6.07 Å². The first-order valence-corrected chi connectivity index (χ1v) is 42.0. The second-order valence-electron chi connectivity index (χ2n) is 38.3. The Hall–Kier alpha value is -11.0. The van der Waals surface area contributed by atoms with E-state index in [4.69, 9.17) is 0 Å². The van der Waals surface area contributed by atoms with Crippen LogP contribution in [0.15, 0.2) is 273 Å². The topological polar surface area (TPSA) is 19.4 Å². The third-order valence-corrected chi connectivity index (χ3v) is 22.7. The lowest BCUT2D eigenvalue weighted by atomic mass is 9.84. The minimum Gasteiger partial charge on any atom is -0.194 e. The summed E-state index contributed by atoms with van der Waals surface area (Å²) in [4.78, 5) is 0. The molecule has 0 N–H and O–H groups in total. The van der Waals surface area contributed by atoms with Crippen LogP contribution in [0.25, 0.3) is 111 Å². The second-order valence-corrected chi connectivity index (χ2v) is 38.3. The molecular weight excluding hydrogens is 1450 g/mol. The number of para-hydroxylation sites is 2. The van der Waals surface area contributed by atoms with E-state index in [0.717, 1.165) is 59.0 Å². The molecular formula is C110H127F3N5+5. The molecule has 0 saturated heterocycles. The lowest BCUT2D eigenvalue weighted by molar-refractivity contribution is -0.634. The predicted octanol–water partition coefficient (Wildman–Crippen LogP) is 26.7. The first-order chi connectivity index (χ1) is 55.5. The summed E-state index contributed by atoms with van der Waals surface area (Å²) in [6.07, 6.45) is 0.0578. The molecule has 0 fully saturated rings. The molecule has 0 radical (unpaired) electrons. The van der Waals surface area contributed by atoms with Crippen LogP contribution in [0.1, 0.15) is 153 Å². The van der Waals surface area contributed by atoms with Crippen molar-refractivity contribution in [3.63, 3.8) is 0 Å². The zero-order chi connectivity index (χ0) is 85.6.